The van der Waals surface area contributed by atoms with Crippen LogP contribution in [0.5, 0.6) is 0 Å². The van der Waals surface area contributed by atoms with E-state index in [1.165, 1.54) is 5.56 Å². The molecular formula is C16H19N3O. The summed E-state index contributed by atoms with van der Waals surface area (Å²) < 4.78 is 0. The molecule has 1 aromatic carbocycles. The van der Waals surface area contributed by atoms with E-state index in [-0.39, 0.29) is 11.9 Å². The number of carbonyl (C=O) groups is 1. The molecule has 0 aliphatic heterocycles. The lowest BCUT2D eigenvalue weighted by atomic mass is 10.1. The van der Waals surface area contributed by atoms with Crippen molar-refractivity contribution in [1.82, 2.24) is 10.3 Å². The maximum absolute atomic E-state index is 12.3. The molecule has 2 rings (SSSR count). The minimum absolute atomic E-state index is 0.0658. The third kappa shape index (κ3) is 3.15. The van der Waals surface area contributed by atoms with Gasteiger partial charge in [-0.05, 0) is 32.4 Å². The van der Waals surface area contributed by atoms with Gasteiger partial charge in [-0.15, -0.1) is 0 Å². The summed E-state index contributed by atoms with van der Waals surface area (Å²) in [5.74, 6) is -0.157. The van der Waals surface area contributed by atoms with Gasteiger partial charge in [0.2, 0.25) is 0 Å². The number of aromatic nitrogens is 1. The van der Waals surface area contributed by atoms with Gasteiger partial charge in [0.15, 0.2) is 0 Å². The molecule has 2 aromatic rings. The van der Waals surface area contributed by atoms with Crippen molar-refractivity contribution in [3.63, 3.8) is 0 Å². The molecule has 1 unspecified atom stereocenters. The Labute approximate surface area is 119 Å². The van der Waals surface area contributed by atoms with E-state index in [1.54, 1.807) is 19.2 Å². The first-order valence-electron chi connectivity index (χ1n) is 6.57. The van der Waals surface area contributed by atoms with Crippen LogP contribution in [0.1, 0.15) is 40.1 Å². The summed E-state index contributed by atoms with van der Waals surface area (Å²) in [4.78, 5) is 16.4. The highest BCUT2D eigenvalue weighted by Gasteiger charge is 2.14. The number of carbonyl (C=O) groups excluding carboxylic acids is 1. The summed E-state index contributed by atoms with van der Waals surface area (Å²) in [7, 11) is 0. The van der Waals surface area contributed by atoms with E-state index in [1.807, 2.05) is 38.1 Å². The molecule has 0 aliphatic rings. The lowest BCUT2D eigenvalue weighted by Gasteiger charge is -2.15. The lowest BCUT2D eigenvalue weighted by molar-refractivity contribution is 0.0939. The van der Waals surface area contributed by atoms with Crippen molar-refractivity contribution < 1.29 is 4.79 Å². The molecule has 20 heavy (non-hydrogen) atoms. The largest absolute Gasteiger partial charge is 0.397 e. The molecule has 0 bridgehead atoms. The monoisotopic (exact) mass is 269 g/mol. The van der Waals surface area contributed by atoms with E-state index < -0.39 is 0 Å². The second-order valence-electron chi connectivity index (χ2n) is 5.01. The van der Waals surface area contributed by atoms with Crippen molar-refractivity contribution in [2.24, 2.45) is 0 Å². The van der Waals surface area contributed by atoms with Crippen LogP contribution in [0.25, 0.3) is 0 Å². The zero-order valence-corrected chi connectivity index (χ0v) is 12.0. The molecule has 104 valence electrons. The summed E-state index contributed by atoms with van der Waals surface area (Å²) in [6, 6.07) is 9.69. The van der Waals surface area contributed by atoms with Gasteiger partial charge in [0.1, 0.15) is 0 Å². The predicted octanol–water partition coefficient (Wildman–Crippen LogP) is 2.77. The van der Waals surface area contributed by atoms with E-state index in [0.29, 0.717) is 16.9 Å². The Hall–Kier alpha value is -2.36. The molecular weight excluding hydrogens is 250 g/mol. The molecule has 0 saturated heterocycles. The number of nitrogens with two attached hydrogens (primary N) is 1. The highest BCUT2D eigenvalue weighted by molar-refractivity contribution is 5.96. The van der Waals surface area contributed by atoms with Gasteiger partial charge in [-0.25, -0.2) is 0 Å². The fraction of sp³-hybridized carbons (Fsp3) is 0.250. The highest BCUT2D eigenvalue weighted by Crippen LogP contribution is 2.15. The van der Waals surface area contributed by atoms with Gasteiger partial charge in [0.05, 0.1) is 29.2 Å². The van der Waals surface area contributed by atoms with Gasteiger partial charge in [0.25, 0.3) is 5.91 Å². The number of hydrogen-bond donors (Lipinski definition) is 2. The molecule has 1 atom stereocenters. The first kappa shape index (κ1) is 14.1. The van der Waals surface area contributed by atoms with Gasteiger partial charge in [0, 0.05) is 0 Å². The molecule has 0 fully saturated rings. The van der Waals surface area contributed by atoms with Crippen LogP contribution >= 0.6 is 0 Å². The standard InChI is InChI=1S/C16H19N3O/c1-10-4-6-13(7-5-10)11(2)19-16(20)15-8-14(17)9-18-12(15)3/h4-9,11H,17H2,1-3H3,(H,19,20). The Bertz CT molecular complexity index is 620. The number of benzene rings is 1. The van der Waals surface area contributed by atoms with Gasteiger partial charge in [-0.1, -0.05) is 29.8 Å². The van der Waals surface area contributed by atoms with Crippen molar-refractivity contribution >= 4 is 11.6 Å². The van der Waals surface area contributed by atoms with Crippen LogP contribution in [0.3, 0.4) is 0 Å². The predicted molar refractivity (Wildman–Crippen MR) is 80.4 cm³/mol. The Morgan fingerprint density at radius 1 is 1.25 bits per heavy atom. The number of nitrogens with zero attached hydrogens (tertiary/aromatic N) is 1. The minimum Gasteiger partial charge on any atom is -0.397 e. The molecule has 4 heteroatoms. The van der Waals surface area contributed by atoms with Gasteiger partial charge >= 0.3 is 0 Å². The number of pyridine rings is 1. The number of nitrogens with one attached hydrogen (secondary N) is 1. The van der Waals surface area contributed by atoms with E-state index in [9.17, 15) is 4.79 Å². The quantitative estimate of drug-likeness (QED) is 0.900. The summed E-state index contributed by atoms with van der Waals surface area (Å²) in [5, 5.41) is 2.97. The maximum Gasteiger partial charge on any atom is 0.253 e. The van der Waals surface area contributed by atoms with Gasteiger partial charge in [-0.3, -0.25) is 9.78 Å². The second-order valence-corrected chi connectivity index (χ2v) is 5.01. The maximum atomic E-state index is 12.3. The molecule has 0 saturated carbocycles. The first-order chi connectivity index (χ1) is 9.47. The molecule has 0 aliphatic carbocycles. The Morgan fingerprint density at radius 3 is 2.55 bits per heavy atom. The summed E-state index contributed by atoms with van der Waals surface area (Å²) in [6.45, 7) is 5.79. The van der Waals surface area contributed by atoms with Gasteiger partial charge in [-0.2, -0.15) is 0 Å². The molecule has 1 amide bonds. The Balaban J connectivity index is 2.15. The average molecular weight is 269 g/mol. The van der Waals surface area contributed by atoms with Crippen molar-refractivity contribution in [3.05, 3.63) is 58.9 Å². The highest BCUT2D eigenvalue weighted by atomic mass is 16.1. The molecule has 3 N–H and O–H groups in total. The molecule has 4 nitrogen and oxygen atoms in total. The molecule has 0 radical (unpaired) electrons. The van der Waals surface area contributed by atoms with Crippen molar-refractivity contribution in [2.75, 3.05) is 5.73 Å². The van der Waals surface area contributed by atoms with Crippen molar-refractivity contribution in [1.29, 1.82) is 0 Å². The number of nitrogen functional groups attached to an aromatic ring is 1. The molecule has 1 heterocycles. The fourth-order valence-electron chi connectivity index (χ4n) is 1.99. The SMILES string of the molecule is Cc1ccc(C(C)NC(=O)c2cc(N)cnc2C)cc1. The van der Waals surface area contributed by atoms with E-state index in [2.05, 4.69) is 10.3 Å². The zero-order valence-electron chi connectivity index (χ0n) is 12.0. The number of anilines is 1. The van der Waals surface area contributed by atoms with Crippen LogP contribution in [0.15, 0.2) is 36.5 Å². The summed E-state index contributed by atoms with van der Waals surface area (Å²) in [6.07, 6.45) is 1.55. The minimum atomic E-state index is -0.157. The third-order valence-corrected chi connectivity index (χ3v) is 3.28. The van der Waals surface area contributed by atoms with Crippen molar-refractivity contribution in [3.8, 4) is 0 Å². The van der Waals surface area contributed by atoms with Crippen LogP contribution in [0.4, 0.5) is 5.69 Å². The van der Waals surface area contributed by atoms with Crippen LogP contribution in [-0.2, 0) is 0 Å². The molecule has 0 spiro atoms. The van der Waals surface area contributed by atoms with Crippen LogP contribution in [0, 0.1) is 13.8 Å². The van der Waals surface area contributed by atoms with Gasteiger partial charge < -0.3 is 11.1 Å². The average Bonchev–Trinajstić information content (AvgIpc) is 2.42. The van der Waals surface area contributed by atoms with E-state index in [0.717, 1.165) is 5.56 Å². The lowest BCUT2D eigenvalue weighted by Crippen LogP contribution is -2.27. The number of amides is 1. The smallest absolute Gasteiger partial charge is 0.253 e. The summed E-state index contributed by atoms with van der Waals surface area (Å²) in [5.41, 5.74) is 9.63. The first-order valence-corrected chi connectivity index (χ1v) is 6.57. The number of hydrogen-bond acceptors (Lipinski definition) is 3. The summed E-state index contributed by atoms with van der Waals surface area (Å²) >= 11 is 0. The van der Waals surface area contributed by atoms with E-state index in [4.69, 9.17) is 5.73 Å². The number of rotatable bonds is 3. The van der Waals surface area contributed by atoms with Crippen molar-refractivity contribution in [2.45, 2.75) is 26.8 Å². The Kier molecular flexibility index (Phi) is 4.03. The second kappa shape index (κ2) is 5.74. The van der Waals surface area contributed by atoms with Crippen LogP contribution < -0.4 is 11.1 Å². The normalized spacial score (nSPS) is 11.9. The topological polar surface area (TPSA) is 68.0 Å². The van der Waals surface area contributed by atoms with Crippen LogP contribution in [-0.4, -0.2) is 10.9 Å². The number of aryl methyl sites for hydroxylation is 2. The fourth-order valence-corrected chi connectivity index (χ4v) is 1.99. The Morgan fingerprint density at radius 2 is 1.90 bits per heavy atom. The van der Waals surface area contributed by atoms with E-state index >= 15 is 0 Å². The third-order valence-electron chi connectivity index (χ3n) is 3.28. The zero-order chi connectivity index (χ0) is 14.7. The van der Waals surface area contributed by atoms with Crippen LogP contribution in [0.2, 0.25) is 0 Å². The molecule has 1 aromatic heterocycles.